The number of hydrogen-bond acceptors (Lipinski definition) is 4. The molecule has 6 heteroatoms. The highest BCUT2D eigenvalue weighted by molar-refractivity contribution is 5.95. The molecule has 1 aliphatic carbocycles. The average molecular weight is 305 g/mol. The Morgan fingerprint density at radius 3 is 2.32 bits per heavy atom. The van der Waals surface area contributed by atoms with E-state index in [1.165, 1.54) is 14.2 Å². The molecule has 6 nitrogen and oxygen atoms in total. The van der Waals surface area contributed by atoms with Gasteiger partial charge in [-0.3, -0.25) is 9.59 Å². The fourth-order valence-corrected chi connectivity index (χ4v) is 2.53. The number of carbonyl (C=O) groups is 2. The van der Waals surface area contributed by atoms with Crippen LogP contribution in [-0.4, -0.2) is 31.2 Å². The van der Waals surface area contributed by atoms with E-state index in [1.54, 1.807) is 24.3 Å². The first kappa shape index (κ1) is 15.9. The Bertz CT molecular complexity index is 596. The summed E-state index contributed by atoms with van der Waals surface area (Å²) in [4.78, 5) is 23.6. The van der Waals surface area contributed by atoms with Crippen molar-refractivity contribution in [2.75, 3.05) is 19.5 Å². The van der Waals surface area contributed by atoms with E-state index in [2.05, 4.69) is 5.32 Å². The topological polar surface area (TPSA) is 84.9 Å². The molecule has 0 saturated heterocycles. The number of carboxylic acid groups (broad SMARTS) is 1. The van der Waals surface area contributed by atoms with Crippen molar-refractivity contribution in [3.8, 4) is 11.5 Å². The van der Waals surface area contributed by atoms with Crippen LogP contribution in [-0.2, 0) is 9.59 Å². The molecule has 1 amide bonds. The molecule has 2 rings (SSSR count). The molecule has 1 aromatic carbocycles. The van der Waals surface area contributed by atoms with Crippen molar-refractivity contribution < 1.29 is 24.2 Å². The molecule has 118 valence electrons. The Balaban J connectivity index is 2.14. The normalized spacial score (nSPS) is 20.3. The van der Waals surface area contributed by atoms with Gasteiger partial charge in [0.2, 0.25) is 5.91 Å². The quantitative estimate of drug-likeness (QED) is 0.815. The van der Waals surface area contributed by atoms with Crippen LogP contribution in [0.5, 0.6) is 11.5 Å². The molecule has 0 radical (unpaired) electrons. The average Bonchev–Trinajstić information content (AvgIpc) is 2.54. The molecular formula is C16H19NO5. The summed E-state index contributed by atoms with van der Waals surface area (Å²) in [6, 6.07) is 5.02. The van der Waals surface area contributed by atoms with E-state index < -0.39 is 17.8 Å². The fourth-order valence-electron chi connectivity index (χ4n) is 2.53. The summed E-state index contributed by atoms with van der Waals surface area (Å²) in [5.74, 6) is -1.45. The molecular weight excluding hydrogens is 286 g/mol. The minimum absolute atomic E-state index is 0.302. The standard InChI is InChI=1S/C16H19NO5/c1-21-13-8-7-10(9-14(13)22-2)17-15(18)11-5-3-4-6-12(11)16(19)20/h3-4,7-9,11-12H,5-6H2,1-2H3,(H,17,18)(H,19,20). The van der Waals surface area contributed by atoms with Crippen molar-refractivity contribution in [2.24, 2.45) is 11.8 Å². The van der Waals surface area contributed by atoms with E-state index in [4.69, 9.17) is 9.47 Å². The first-order valence-corrected chi connectivity index (χ1v) is 6.97. The molecule has 0 aromatic heterocycles. The van der Waals surface area contributed by atoms with Gasteiger partial charge in [-0.2, -0.15) is 0 Å². The number of rotatable bonds is 5. The zero-order chi connectivity index (χ0) is 16.1. The number of hydrogen-bond donors (Lipinski definition) is 2. The van der Waals surface area contributed by atoms with Crippen LogP contribution >= 0.6 is 0 Å². The van der Waals surface area contributed by atoms with Crippen LogP contribution < -0.4 is 14.8 Å². The summed E-state index contributed by atoms with van der Waals surface area (Å²) in [7, 11) is 3.04. The molecule has 22 heavy (non-hydrogen) atoms. The van der Waals surface area contributed by atoms with Crippen molar-refractivity contribution in [1.29, 1.82) is 0 Å². The Labute approximate surface area is 128 Å². The molecule has 2 unspecified atom stereocenters. The Kier molecular flexibility index (Phi) is 5.04. The molecule has 0 fully saturated rings. The Hall–Kier alpha value is -2.50. The van der Waals surface area contributed by atoms with Crippen LogP contribution in [0, 0.1) is 11.8 Å². The molecule has 2 N–H and O–H groups in total. The zero-order valence-electron chi connectivity index (χ0n) is 12.5. The van der Waals surface area contributed by atoms with E-state index in [9.17, 15) is 14.7 Å². The predicted octanol–water partition coefficient (Wildman–Crippen LogP) is 2.31. The maximum atomic E-state index is 12.4. The second-order valence-corrected chi connectivity index (χ2v) is 5.05. The van der Waals surface area contributed by atoms with Gasteiger partial charge in [0.15, 0.2) is 11.5 Å². The van der Waals surface area contributed by atoms with Crippen molar-refractivity contribution in [3.05, 3.63) is 30.4 Å². The SMILES string of the molecule is COc1ccc(NC(=O)C2CC=CCC2C(=O)O)cc1OC. The second kappa shape index (κ2) is 6.98. The third-order valence-corrected chi connectivity index (χ3v) is 3.74. The van der Waals surface area contributed by atoms with Gasteiger partial charge in [-0.25, -0.2) is 0 Å². The van der Waals surface area contributed by atoms with Crippen molar-refractivity contribution in [2.45, 2.75) is 12.8 Å². The number of benzene rings is 1. The van der Waals surface area contributed by atoms with Crippen molar-refractivity contribution in [3.63, 3.8) is 0 Å². The van der Waals surface area contributed by atoms with Gasteiger partial charge >= 0.3 is 5.97 Å². The molecule has 2 atom stereocenters. The van der Waals surface area contributed by atoms with E-state index in [0.717, 1.165) is 0 Å². The molecule has 1 aliphatic rings. The van der Waals surface area contributed by atoms with Gasteiger partial charge in [-0.1, -0.05) is 12.2 Å². The van der Waals surface area contributed by atoms with Gasteiger partial charge in [0, 0.05) is 11.8 Å². The second-order valence-electron chi connectivity index (χ2n) is 5.05. The number of allylic oxidation sites excluding steroid dienone is 2. The summed E-state index contributed by atoms with van der Waals surface area (Å²) in [6.07, 6.45) is 4.45. The van der Waals surface area contributed by atoms with Crippen LogP contribution in [0.15, 0.2) is 30.4 Å². The molecule has 0 heterocycles. The van der Waals surface area contributed by atoms with Crippen molar-refractivity contribution >= 4 is 17.6 Å². The van der Waals surface area contributed by atoms with Gasteiger partial charge in [-0.05, 0) is 25.0 Å². The molecule has 0 saturated carbocycles. The predicted molar refractivity (Wildman–Crippen MR) is 81.2 cm³/mol. The number of carboxylic acids is 1. The maximum Gasteiger partial charge on any atom is 0.307 e. The number of methoxy groups -OCH3 is 2. The Morgan fingerprint density at radius 1 is 1.09 bits per heavy atom. The number of anilines is 1. The number of carbonyl (C=O) groups excluding carboxylic acids is 1. The molecule has 0 aliphatic heterocycles. The minimum atomic E-state index is -0.947. The highest BCUT2D eigenvalue weighted by Crippen LogP contribution is 2.31. The minimum Gasteiger partial charge on any atom is -0.493 e. The first-order valence-electron chi connectivity index (χ1n) is 6.97. The number of amides is 1. The van der Waals surface area contributed by atoms with E-state index in [0.29, 0.717) is 30.0 Å². The van der Waals surface area contributed by atoms with Crippen LogP contribution in [0.1, 0.15) is 12.8 Å². The highest BCUT2D eigenvalue weighted by atomic mass is 16.5. The van der Waals surface area contributed by atoms with E-state index in [-0.39, 0.29) is 5.91 Å². The van der Waals surface area contributed by atoms with Gasteiger partial charge in [0.05, 0.1) is 26.1 Å². The lowest BCUT2D eigenvalue weighted by molar-refractivity contribution is -0.146. The number of aliphatic carboxylic acids is 1. The molecule has 1 aromatic rings. The summed E-state index contributed by atoms with van der Waals surface area (Å²) >= 11 is 0. The van der Waals surface area contributed by atoms with E-state index >= 15 is 0 Å². The van der Waals surface area contributed by atoms with Crippen LogP contribution in [0.2, 0.25) is 0 Å². The summed E-state index contributed by atoms with van der Waals surface area (Å²) < 4.78 is 10.3. The van der Waals surface area contributed by atoms with Crippen molar-refractivity contribution in [1.82, 2.24) is 0 Å². The molecule has 0 bridgehead atoms. The third-order valence-electron chi connectivity index (χ3n) is 3.74. The number of nitrogens with one attached hydrogen (secondary N) is 1. The van der Waals surface area contributed by atoms with Gasteiger partial charge in [0.1, 0.15) is 0 Å². The smallest absolute Gasteiger partial charge is 0.307 e. The lowest BCUT2D eigenvalue weighted by Crippen LogP contribution is -2.34. The maximum absolute atomic E-state index is 12.4. The molecule has 0 spiro atoms. The first-order chi connectivity index (χ1) is 10.6. The highest BCUT2D eigenvalue weighted by Gasteiger charge is 2.33. The van der Waals surface area contributed by atoms with Gasteiger partial charge in [0.25, 0.3) is 0 Å². The lowest BCUT2D eigenvalue weighted by atomic mass is 9.82. The number of ether oxygens (including phenoxy) is 2. The Morgan fingerprint density at radius 2 is 1.73 bits per heavy atom. The van der Waals surface area contributed by atoms with E-state index in [1.807, 2.05) is 6.08 Å². The fraction of sp³-hybridized carbons (Fsp3) is 0.375. The van der Waals surface area contributed by atoms with Gasteiger partial charge < -0.3 is 19.9 Å². The van der Waals surface area contributed by atoms with Crippen LogP contribution in [0.4, 0.5) is 5.69 Å². The summed E-state index contributed by atoms with van der Waals surface area (Å²) in [5.41, 5.74) is 0.543. The van der Waals surface area contributed by atoms with Gasteiger partial charge in [-0.15, -0.1) is 0 Å². The van der Waals surface area contributed by atoms with Crippen LogP contribution in [0.3, 0.4) is 0 Å². The third kappa shape index (κ3) is 3.39. The zero-order valence-corrected chi connectivity index (χ0v) is 12.5. The summed E-state index contributed by atoms with van der Waals surface area (Å²) in [6.45, 7) is 0. The monoisotopic (exact) mass is 305 g/mol. The summed E-state index contributed by atoms with van der Waals surface area (Å²) in [5, 5.41) is 12.0. The lowest BCUT2D eigenvalue weighted by Gasteiger charge is -2.24. The van der Waals surface area contributed by atoms with Crippen LogP contribution in [0.25, 0.3) is 0 Å². The largest absolute Gasteiger partial charge is 0.493 e.